The van der Waals surface area contributed by atoms with Gasteiger partial charge in [0.2, 0.25) is 0 Å². The van der Waals surface area contributed by atoms with E-state index in [1.165, 1.54) is 81.8 Å². The van der Waals surface area contributed by atoms with Crippen LogP contribution in [-0.4, -0.2) is 5.11 Å². The highest BCUT2D eigenvalue weighted by molar-refractivity contribution is 5.73. The third-order valence-corrected chi connectivity index (χ3v) is 5.66. The summed E-state index contributed by atoms with van der Waals surface area (Å²) in [6.07, 6.45) is 14.5. The van der Waals surface area contributed by atoms with Crippen molar-refractivity contribution in [1.29, 1.82) is 0 Å². The van der Waals surface area contributed by atoms with Crippen LogP contribution in [0.4, 0.5) is 0 Å². The van der Waals surface area contributed by atoms with Gasteiger partial charge in [-0.25, -0.2) is 0 Å². The fraction of sp³-hybridized carbons (Fsp3) is 0.538. The maximum atomic E-state index is 10.4. The number of unbranched alkanes of at least 4 members (excludes halogenated alkanes) is 7. The van der Waals surface area contributed by atoms with E-state index in [-0.39, 0.29) is 0 Å². The van der Waals surface area contributed by atoms with E-state index in [0.29, 0.717) is 11.7 Å². The molecule has 0 amide bonds. The molecule has 0 spiro atoms. The summed E-state index contributed by atoms with van der Waals surface area (Å²) in [5, 5.41) is 10.4. The lowest BCUT2D eigenvalue weighted by atomic mass is 9.83. The highest BCUT2D eigenvalue weighted by atomic mass is 16.3. The Kier molecular flexibility index (Phi) is 10.0. The molecule has 2 rings (SSSR count). The Balaban J connectivity index is 2.13. The molecule has 148 valence electrons. The summed E-state index contributed by atoms with van der Waals surface area (Å²) in [7, 11) is 0. The van der Waals surface area contributed by atoms with Gasteiger partial charge in [0.1, 0.15) is 5.75 Å². The minimum Gasteiger partial charge on any atom is -0.507 e. The largest absolute Gasteiger partial charge is 0.507 e. The molecule has 0 aliphatic carbocycles. The standard InChI is InChI=1S/C26H38O/c1-3-5-7-8-9-11-17-22(16-10-6-4-2)23-18-12-13-19-24(23)25-20-14-15-21-26(25)27/h12-15,18-22,27H,3-11,16-17H2,1-2H3. The first-order valence-electron chi connectivity index (χ1n) is 11.1. The highest BCUT2D eigenvalue weighted by Crippen LogP contribution is 2.38. The SMILES string of the molecule is CCCCCCCCC(CCCCC)c1ccccc1-c1ccccc1O. The van der Waals surface area contributed by atoms with Gasteiger partial charge in [-0.2, -0.15) is 0 Å². The van der Waals surface area contributed by atoms with Crippen molar-refractivity contribution < 1.29 is 5.11 Å². The maximum absolute atomic E-state index is 10.4. The van der Waals surface area contributed by atoms with Gasteiger partial charge in [0.15, 0.2) is 0 Å². The number of phenolic OH excluding ortho intramolecular Hbond substituents is 1. The minimum atomic E-state index is 0.386. The second kappa shape index (κ2) is 12.6. The Labute approximate surface area is 166 Å². The van der Waals surface area contributed by atoms with Crippen LogP contribution in [0, 0.1) is 0 Å². The van der Waals surface area contributed by atoms with Gasteiger partial charge in [0.25, 0.3) is 0 Å². The van der Waals surface area contributed by atoms with Crippen molar-refractivity contribution in [2.24, 2.45) is 0 Å². The quantitative estimate of drug-likeness (QED) is 0.352. The summed E-state index contributed by atoms with van der Waals surface area (Å²) in [5.41, 5.74) is 3.60. The monoisotopic (exact) mass is 366 g/mol. The average Bonchev–Trinajstić information content (AvgIpc) is 2.70. The van der Waals surface area contributed by atoms with Gasteiger partial charge in [-0.3, -0.25) is 0 Å². The lowest BCUT2D eigenvalue weighted by molar-refractivity contribution is 0.476. The molecule has 1 heteroatoms. The van der Waals surface area contributed by atoms with E-state index in [0.717, 1.165) is 5.56 Å². The van der Waals surface area contributed by atoms with E-state index in [1.807, 2.05) is 18.2 Å². The van der Waals surface area contributed by atoms with E-state index in [1.54, 1.807) is 6.07 Å². The van der Waals surface area contributed by atoms with Gasteiger partial charge in [0, 0.05) is 5.56 Å². The summed E-state index contributed by atoms with van der Waals surface area (Å²) in [5.74, 6) is 0.982. The molecule has 0 bridgehead atoms. The van der Waals surface area contributed by atoms with E-state index in [9.17, 15) is 5.11 Å². The normalized spacial score (nSPS) is 12.2. The summed E-state index contributed by atoms with van der Waals surface area (Å²) in [6.45, 7) is 4.55. The summed E-state index contributed by atoms with van der Waals surface area (Å²) >= 11 is 0. The molecule has 0 aromatic heterocycles. The van der Waals surface area contributed by atoms with E-state index < -0.39 is 0 Å². The highest BCUT2D eigenvalue weighted by Gasteiger charge is 2.17. The first kappa shape index (κ1) is 21.5. The molecule has 2 aromatic rings. The molecule has 1 N–H and O–H groups in total. The molecule has 1 atom stereocenters. The van der Waals surface area contributed by atoms with Crippen molar-refractivity contribution in [2.75, 3.05) is 0 Å². The van der Waals surface area contributed by atoms with Crippen LogP contribution in [0.3, 0.4) is 0 Å². The van der Waals surface area contributed by atoms with E-state index >= 15 is 0 Å². The first-order chi connectivity index (χ1) is 13.3. The van der Waals surface area contributed by atoms with Crippen molar-refractivity contribution in [3.8, 4) is 16.9 Å². The lowest BCUT2D eigenvalue weighted by Crippen LogP contribution is -2.02. The molecular formula is C26H38O. The number of para-hydroxylation sites is 1. The number of hydrogen-bond acceptors (Lipinski definition) is 1. The second-order valence-corrected chi connectivity index (χ2v) is 7.85. The Morgan fingerprint density at radius 2 is 1.15 bits per heavy atom. The van der Waals surface area contributed by atoms with Gasteiger partial charge in [-0.05, 0) is 36.0 Å². The smallest absolute Gasteiger partial charge is 0.123 e. The van der Waals surface area contributed by atoms with Gasteiger partial charge in [-0.15, -0.1) is 0 Å². The number of benzene rings is 2. The Hall–Kier alpha value is -1.76. The van der Waals surface area contributed by atoms with Gasteiger partial charge < -0.3 is 5.11 Å². The number of aromatic hydroxyl groups is 1. The molecule has 0 aliphatic heterocycles. The van der Waals surface area contributed by atoms with Crippen LogP contribution in [-0.2, 0) is 0 Å². The first-order valence-corrected chi connectivity index (χ1v) is 11.1. The Morgan fingerprint density at radius 3 is 1.85 bits per heavy atom. The Bertz CT molecular complexity index is 646. The van der Waals surface area contributed by atoms with Gasteiger partial charge in [0.05, 0.1) is 0 Å². The minimum absolute atomic E-state index is 0.386. The van der Waals surface area contributed by atoms with Crippen molar-refractivity contribution in [1.82, 2.24) is 0 Å². The molecule has 0 fully saturated rings. The zero-order chi connectivity index (χ0) is 19.3. The average molecular weight is 367 g/mol. The number of rotatable bonds is 13. The zero-order valence-corrected chi connectivity index (χ0v) is 17.4. The van der Waals surface area contributed by atoms with Crippen molar-refractivity contribution in [3.05, 3.63) is 54.1 Å². The zero-order valence-electron chi connectivity index (χ0n) is 17.4. The van der Waals surface area contributed by atoms with Crippen LogP contribution in [0.25, 0.3) is 11.1 Å². The van der Waals surface area contributed by atoms with Crippen molar-refractivity contribution in [3.63, 3.8) is 0 Å². The fourth-order valence-corrected chi connectivity index (χ4v) is 4.07. The maximum Gasteiger partial charge on any atom is 0.123 e. The molecular weight excluding hydrogens is 328 g/mol. The third kappa shape index (κ3) is 7.05. The van der Waals surface area contributed by atoms with Crippen molar-refractivity contribution in [2.45, 2.75) is 90.4 Å². The van der Waals surface area contributed by atoms with Crippen LogP contribution < -0.4 is 0 Å². The topological polar surface area (TPSA) is 20.2 Å². The Morgan fingerprint density at radius 1 is 0.630 bits per heavy atom. The molecule has 2 aromatic carbocycles. The molecule has 1 nitrogen and oxygen atoms in total. The number of phenols is 1. The van der Waals surface area contributed by atoms with Gasteiger partial charge in [-0.1, -0.05) is 114 Å². The molecule has 1 unspecified atom stereocenters. The summed E-state index contributed by atoms with van der Waals surface area (Å²) < 4.78 is 0. The molecule has 0 heterocycles. The van der Waals surface area contributed by atoms with Crippen molar-refractivity contribution >= 4 is 0 Å². The second-order valence-electron chi connectivity index (χ2n) is 7.85. The molecule has 27 heavy (non-hydrogen) atoms. The van der Waals surface area contributed by atoms with Crippen LogP contribution in [0.15, 0.2) is 48.5 Å². The van der Waals surface area contributed by atoms with Crippen LogP contribution in [0.5, 0.6) is 5.75 Å². The molecule has 0 saturated heterocycles. The predicted octanol–water partition coefficient (Wildman–Crippen LogP) is 8.47. The predicted molar refractivity (Wildman–Crippen MR) is 118 cm³/mol. The summed E-state index contributed by atoms with van der Waals surface area (Å²) in [6, 6.07) is 16.5. The van der Waals surface area contributed by atoms with E-state index in [2.05, 4.69) is 38.1 Å². The van der Waals surface area contributed by atoms with Crippen LogP contribution in [0.2, 0.25) is 0 Å². The number of hydrogen-bond donors (Lipinski definition) is 1. The van der Waals surface area contributed by atoms with Crippen LogP contribution in [0.1, 0.15) is 96.0 Å². The van der Waals surface area contributed by atoms with E-state index in [4.69, 9.17) is 0 Å². The molecule has 0 saturated carbocycles. The van der Waals surface area contributed by atoms with Crippen LogP contribution >= 0.6 is 0 Å². The van der Waals surface area contributed by atoms with Gasteiger partial charge >= 0.3 is 0 Å². The molecule has 0 aliphatic rings. The lowest BCUT2D eigenvalue weighted by Gasteiger charge is -2.21. The molecule has 0 radical (unpaired) electrons. The fourth-order valence-electron chi connectivity index (χ4n) is 4.07. The summed E-state index contributed by atoms with van der Waals surface area (Å²) in [4.78, 5) is 0. The third-order valence-electron chi connectivity index (χ3n) is 5.66.